The molecule has 0 aliphatic carbocycles. The minimum Gasteiger partial charge on any atom is -0.454 e. The van der Waals surface area contributed by atoms with Crippen molar-refractivity contribution in [3.8, 4) is 0 Å². The van der Waals surface area contributed by atoms with Crippen molar-refractivity contribution in [1.82, 2.24) is 9.73 Å². The second-order valence-electron chi connectivity index (χ2n) is 6.58. The lowest BCUT2D eigenvalue weighted by Crippen LogP contribution is -2.40. The van der Waals surface area contributed by atoms with Crippen molar-refractivity contribution in [1.29, 1.82) is 0 Å². The highest BCUT2D eigenvalue weighted by Gasteiger charge is 2.26. The van der Waals surface area contributed by atoms with Crippen molar-refractivity contribution < 1.29 is 27.1 Å². The summed E-state index contributed by atoms with van der Waals surface area (Å²) in [4.78, 5) is 24.2. The molecule has 1 N–H and O–H groups in total. The largest absolute Gasteiger partial charge is 0.454 e. The van der Waals surface area contributed by atoms with E-state index in [1.54, 1.807) is 0 Å². The Balaban J connectivity index is 1.53. The summed E-state index contributed by atoms with van der Waals surface area (Å²) in [6, 6.07) is 12.3. The quantitative estimate of drug-likeness (QED) is 0.669. The predicted octanol–water partition coefficient (Wildman–Crippen LogP) is 1.67. The van der Waals surface area contributed by atoms with Crippen LogP contribution in [-0.4, -0.2) is 50.2 Å². The fourth-order valence-electron chi connectivity index (χ4n) is 2.77. The topological polar surface area (TPSA) is 105 Å². The molecule has 30 heavy (non-hydrogen) atoms. The molecule has 0 unspecified atom stereocenters. The van der Waals surface area contributed by atoms with E-state index in [4.69, 9.17) is 4.74 Å². The molecule has 0 fully saturated rings. The average molecular weight is 433 g/mol. The number of ether oxygens (including phenoxy) is 1. The Morgan fingerprint density at radius 3 is 2.50 bits per heavy atom. The molecule has 1 atom stereocenters. The van der Waals surface area contributed by atoms with Gasteiger partial charge in [0.15, 0.2) is 6.61 Å². The Bertz CT molecular complexity index is 1060. The number of hydrogen-bond acceptors (Lipinski definition) is 6. The maximum atomic E-state index is 13.0. The van der Waals surface area contributed by atoms with Gasteiger partial charge in [0, 0.05) is 6.42 Å². The molecule has 0 bridgehead atoms. The zero-order chi connectivity index (χ0) is 21.7. The molecule has 0 saturated carbocycles. The first-order chi connectivity index (χ1) is 14.3. The molecule has 1 amide bonds. The van der Waals surface area contributed by atoms with Crippen molar-refractivity contribution in [3.05, 3.63) is 66.0 Å². The van der Waals surface area contributed by atoms with Gasteiger partial charge in [0.05, 0.1) is 17.2 Å². The summed E-state index contributed by atoms with van der Waals surface area (Å²) in [6.07, 6.45) is 0.581. The summed E-state index contributed by atoms with van der Waals surface area (Å²) >= 11 is 0. The lowest BCUT2D eigenvalue weighted by molar-refractivity contribution is -0.152. The number of esters is 1. The Labute approximate surface area is 173 Å². The molecule has 1 aliphatic rings. The number of amides is 1. The molecule has 1 aliphatic heterocycles. The first-order valence-corrected chi connectivity index (χ1v) is 10.6. The van der Waals surface area contributed by atoms with Crippen molar-refractivity contribution in [3.63, 3.8) is 0 Å². The summed E-state index contributed by atoms with van der Waals surface area (Å²) in [5.41, 5.74) is 1.67. The molecule has 2 aromatic carbocycles. The Morgan fingerprint density at radius 2 is 1.83 bits per heavy atom. The lowest BCUT2D eigenvalue weighted by atomic mass is 10.1. The highest BCUT2D eigenvalue weighted by atomic mass is 32.2. The highest BCUT2D eigenvalue weighted by Crippen LogP contribution is 2.14. The van der Waals surface area contributed by atoms with Crippen LogP contribution < -0.4 is 4.72 Å². The first-order valence-electron chi connectivity index (χ1n) is 9.14. The van der Waals surface area contributed by atoms with Crippen molar-refractivity contribution in [2.75, 3.05) is 13.2 Å². The van der Waals surface area contributed by atoms with E-state index in [9.17, 15) is 22.4 Å². The number of hydrazone groups is 1. The Kier molecular flexibility index (Phi) is 6.58. The van der Waals surface area contributed by atoms with E-state index in [2.05, 4.69) is 9.82 Å². The normalized spacial score (nSPS) is 14.9. The smallest absolute Gasteiger partial charge is 0.324 e. The summed E-state index contributed by atoms with van der Waals surface area (Å²) in [7, 11) is -4.05. The summed E-state index contributed by atoms with van der Waals surface area (Å²) in [5, 5.41) is 5.48. The van der Waals surface area contributed by atoms with Crippen molar-refractivity contribution in [2.45, 2.75) is 24.3 Å². The van der Waals surface area contributed by atoms with Crippen LogP contribution in [0.4, 0.5) is 4.39 Å². The molecule has 0 aromatic heterocycles. The molecule has 0 radical (unpaired) electrons. The number of hydrogen-bond donors (Lipinski definition) is 1. The first kappa shape index (κ1) is 21.6. The van der Waals surface area contributed by atoms with Crippen LogP contribution in [0.5, 0.6) is 0 Å². The summed E-state index contributed by atoms with van der Waals surface area (Å²) in [5.74, 6) is -2.01. The van der Waals surface area contributed by atoms with E-state index in [1.165, 1.54) is 11.9 Å². The minimum atomic E-state index is -4.05. The summed E-state index contributed by atoms with van der Waals surface area (Å²) in [6.45, 7) is 1.09. The number of carbonyl (C=O) groups is 2. The van der Waals surface area contributed by atoms with Gasteiger partial charge in [-0.1, -0.05) is 30.3 Å². The third-order valence-electron chi connectivity index (χ3n) is 4.34. The van der Waals surface area contributed by atoms with Gasteiger partial charge in [0.2, 0.25) is 10.0 Å². The van der Waals surface area contributed by atoms with Gasteiger partial charge in [-0.2, -0.15) is 9.82 Å². The zero-order valence-corrected chi connectivity index (χ0v) is 16.9. The molecule has 0 spiro atoms. The molecule has 3 rings (SSSR count). The molecule has 1 heterocycles. The third-order valence-corrected chi connectivity index (χ3v) is 5.90. The number of rotatable bonds is 7. The van der Waals surface area contributed by atoms with Gasteiger partial charge < -0.3 is 4.74 Å². The van der Waals surface area contributed by atoms with E-state index in [0.717, 1.165) is 35.5 Å². The molecule has 8 nitrogen and oxygen atoms in total. The van der Waals surface area contributed by atoms with E-state index in [0.29, 0.717) is 13.0 Å². The van der Waals surface area contributed by atoms with Gasteiger partial charge in [0.1, 0.15) is 11.9 Å². The van der Waals surface area contributed by atoms with E-state index in [1.807, 2.05) is 30.3 Å². The molecular formula is C20H20FN3O5S. The van der Waals surface area contributed by atoms with Crippen molar-refractivity contribution in [2.24, 2.45) is 5.10 Å². The zero-order valence-electron chi connectivity index (χ0n) is 16.1. The molecule has 158 valence electrons. The lowest BCUT2D eigenvalue weighted by Gasteiger charge is -2.15. The van der Waals surface area contributed by atoms with Crippen LogP contribution in [-0.2, 0) is 24.3 Å². The maximum absolute atomic E-state index is 13.0. The maximum Gasteiger partial charge on any atom is 0.324 e. The van der Waals surface area contributed by atoms with Gasteiger partial charge >= 0.3 is 5.97 Å². The number of sulfonamides is 1. The SMILES string of the molecule is C[C@@H](NS(=O)(=O)c1ccc(F)cc1)C(=O)OCC(=O)N1CCC(c2ccccc2)=N1. The Morgan fingerprint density at radius 1 is 1.17 bits per heavy atom. The molecule has 10 heteroatoms. The monoisotopic (exact) mass is 433 g/mol. The van der Waals surface area contributed by atoms with Crippen LogP contribution in [0, 0.1) is 5.82 Å². The number of nitrogens with one attached hydrogen (secondary N) is 1. The summed E-state index contributed by atoms with van der Waals surface area (Å²) < 4.78 is 44.5. The van der Waals surface area contributed by atoms with Crippen LogP contribution in [0.25, 0.3) is 0 Å². The average Bonchev–Trinajstić information content (AvgIpc) is 3.23. The second kappa shape index (κ2) is 9.14. The van der Waals surface area contributed by atoms with Crippen LogP contribution in [0.1, 0.15) is 18.9 Å². The van der Waals surface area contributed by atoms with Gasteiger partial charge in [-0.15, -0.1) is 0 Å². The van der Waals surface area contributed by atoms with E-state index >= 15 is 0 Å². The molecular weight excluding hydrogens is 413 g/mol. The van der Waals surface area contributed by atoms with Crippen LogP contribution in [0.2, 0.25) is 0 Å². The molecule has 2 aromatic rings. The van der Waals surface area contributed by atoms with Gasteiger partial charge in [0.25, 0.3) is 5.91 Å². The van der Waals surface area contributed by atoms with Gasteiger partial charge in [-0.3, -0.25) is 9.59 Å². The van der Waals surface area contributed by atoms with Crippen LogP contribution in [0.15, 0.2) is 64.6 Å². The van der Waals surface area contributed by atoms with E-state index in [-0.39, 0.29) is 4.90 Å². The fraction of sp³-hybridized carbons (Fsp3) is 0.250. The predicted molar refractivity (Wildman–Crippen MR) is 106 cm³/mol. The molecule has 0 saturated heterocycles. The van der Waals surface area contributed by atoms with E-state index < -0.39 is 40.4 Å². The fourth-order valence-corrected chi connectivity index (χ4v) is 3.96. The number of benzene rings is 2. The Hall–Kier alpha value is -3.11. The van der Waals surface area contributed by atoms with Gasteiger partial charge in [-0.25, -0.2) is 17.8 Å². The minimum absolute atomic E-state index is 0.195. The number of nitrogens with zero attached hydrogens (tertiary/aromatic N) is 2. The number of carbonyl (C=O) groups excluding carboxylic acids is 2. The van der Waals surface area contributed by atoms with Crippen molar-refractivity contribution >= 4 is 27.6 Å². The highest BCUT2D eigenvalue weighted by molar-refractivity contribution is 7.89. The van der Waals surface area contributed by atoms with Gasteiger partial charge in [-0.05, 0) is 36.8 Å². The van der Waals surface area contributed by atoms with Crippen LogP contribution in [0.3, 0.4) is 0 Å². The standard InChI is InChI=1S/C20H20FN3O5S/c1-14(23-30(27,28)17-9-7-16(21)8-10-17)20(26)29-13-19(25)24-12-11-18(22-24)15-5-3-2-4-6-15/h2-10,14,23H,11-13H2,1H3/t14-/m1/s1. The van der Waals surface area contributed by atoms with Crippen LogP contribution >= 0.6 is 0 Å². The third kappa shape index (κ3) is 5.28. The second-order valence-corrected chi connectivity index (χ2v) is 8.30. The number of halogens is 1.